The van der Waals surface area contributed by atoms with Crippen LogP contribution in [0.3, 0.4) is 0 Å². The molecule has 17 heavy (non-hydrogen) atoms. The van der Waals surface area contributed by atoms with E-state index in [1.54, 1.807) is 0 Å². The summed E-state index contributed by atoms with van der Waals surface area (Å²) in [5, 5.41) is 3.28. The first kappa shape index (κ1) is 10.7. The summed E-state index contributed by atoms with van der Waals surface area (Å²) in [4.78, 5) is 21.4. The van der Waals surface area contributed by atoms with Crippen LogP contribution < -0.4 is 15.8 Å². The molecule has 92 valence electrons. The molecule has 1 aromatic rings. The predicted octanol–water partition coefficient (Wildman–Crippen LogP) is -0.748. The molecule has 3 heterocycles. The normalized spacial score (nSPS) is 20.1. The first-order valence-corrected chi connectivity index (χ1v) is 6.00. The van der Waals surface area contributed by atoms with E-state index in [1.165, 1.54) is 0 Å². The lowest BCUT2D eigenvalue weighted by atomic mass is 10.1. The van der Waals surface area contributed by atoms with Gasteiger partial charge in [-0.15, -0.1) is 0 Å². The minimum atomic E-state index is -0.0526. The van der Waals surface area contributed by atoms with Crippen LogP contribution in [0.4, 0.5) is 5.95 Å². The number of rotatable bonds is 1. The van der Waals surface area contributed by atoms with Gasteiger partial charge in [0.25, 0.3) is 5.56 Å². The quantitative estimate of drug-likeness (QED) is 0.671. The van der Waals surface area contributed by atoms with E-state index in [1.807, 2.05) is 0 Å². The van der Waals surface area contributed by atoms with Crippen LogP contribution in [0.15, 0.2) is 4.79 Å². The van der Waals surface area contributed by atoms with E-state index >= 15 is 0 Å². The minimum Gasteiger partial charge on any atom is -0.376 e. The fraction of sp³-hybridized carbons (Fsp3) is 0.636. The van der Waals surface area contributed by atoms with Gasteiger partial charge in [-0.1, -0.05) is 0 Å². The van der Waals surface area contributed by atoms with Gasteiger partial charge >= 0.3 is 0 Å². The number of nitrogens with zero attached hydrogens (tertiary/aromatic N) is 2. The Bertz CT molecular complexity index is 465. The van der Waals surface area contributed by atoms with Crippen molar-refractivity contribution in [3.63, 3.8) is 0 Å². The third-order valence-corrected chi connectivity index (χ3v) is 3.23. The smallest absolute Gasteiger partial charge is 0.258 e. The molecule has 6 nitrogen and oxygen atoms in total. The molecule has 0 bridgehead atoms. The number of H-pyrrole nitrogens is 1. The number of nitrogens with one attached hydrogen (secondary N) is 2. The van der Waals surface area contributed by atoms with Crippen molar-refractivity contribution in [3.05, 3.63) is 21.6 Å². The van der Waals surface area contributed by atoms with Crippen molar-refractivity contribution in [2.24, 2.45) is 0 Å². The first-order chi connectivity index (χ1) is 8.34. The lowest BCUT2D eigenvalue weighted by molar-refractivity contribution is 0.108. The van der Waals surface area contributed by atoms with Crippen LogP contribution in [0.2, 0.25) is 0 Å². The highest BCUT2D eigenvalue weighted by molar-refractivity contribution is 5.34. The Morgan fingerprint density at radius 2 is 2.12 bits per heavy atom. The van der Waals surface area contributed by atoms with Gasteiger partial charge in [-0.3, -0.25) is 9.78 Å². The number of aromatic nitrogens is 2. The predicted molar refractivity (Wildman–Crippen MR) is 63.3 cm³/mol. The molecule has 1 saturated heterocycles. The Kier molecular flexibility index (Phi) is 2.82. The van der Waals surface area contributed by atoms with E-state index in [4.69, 9.17) is 4.74 Å². The highest BCUT2D eigenvalue weighted by atomic mass is 16.5. The van der Waals surface area contributed by atoms with Crippen molar-refractivity contribution in [2.75, 3.05) is 37.7 Å². The van der Waals surface area contributed by atoms with E-state index in [9.17, 15) is 4.79 Å². The summed E-state index contributed by atoms with van der Waals surface area (Å²) in [6.45, 7) is 4.69. The summed E-state index contributed by atoms with van der Waals surface area (Å²) in [5.74, 6) is 0.706. The molecule has 2 aliphatic rings. The van der Waals surface area contributed by atoms with Crippen molar-refractivity contribution in [1.29, 1.82) is 0 Å². The molecule has 0 aliphatic carbocycles. The van der Waals surface area contributed by atoms with Gasteiger partial charge in [0, 0.05) is 32.6 Å². The van der Waals surface area contributed by atoms with Crippen molar-refractivity contribution < 1.29 is 4.74 Å². The third-order valence-electron chi connectivity index (χ3n) is 3.23. The zero-order valence-corrected chi connectivity index (χ0v) is 9.66. The summed E-state index contributed by atoms with van der Waals surface area (Å²) >= 11 is 0. The molecule has 0 unspecified atom stereocenters. The second-order valence-electron chi connectivity index (χ2n) is 4.35. The number of ether oxygens (including phenoxy) is 1. The summed E-state index contributed by atoms with van der Waals surface area (Å²) in [6.07, 6.45) is 0.734. The van der Waals surface area contributed by atoms with Crippen LogP contribution in [0.1, 0.15) is 11.3 Å². The van der Waals surface area contributed by atoms with Crippen LogP contribution in [-0.2, 0) is 17.8 Å². The van der Waals surface area contributed by atoms with Crippen molar-refractivity contribution >= 4 is 5.95 Å². The van der Waals surface area contributed by atoms with Gasteiger partial charge < -0.3 is 15.0 Å². The van der Waals surface area contributed by atoms with Crippen molar-refractivity contribution in [1.82, 2.24) is 15.3 Å². The fourth-order valence-electron chi connectivity index (χ4n) is 2.26. The van der Waals surface area contributed by atoms with Crippen LogP contribution in [0, 0.1) is 0 Å². The zero-order valence-electron chi connectivity index (χ0n) is 9.66. The van der Waals surface area contributed by atoms with E-state index in [0.717, 1.165) is 38.3 Å². The molecule has 2 aliphatic heterocycles. The van der Waals surface area contributed by atoms with Gasteiger partial charge in [0.05, 0.1) is 24.5 Å². The van der Waals surface area contributed by atoms with E-state index in [-0.39, 0.29) is 5.56 Å². The van der Waals surface area contributed by atoms with Crippen LogP contribution in [0.5, 0.6) is 0 Å². The standard InChI is InChI=1S/C11H16N4O2/c16-10-8-7-17-6-1-9(8)13-11(14-10)15-4-2-12-3-5-15/h12H,1-7H2,(H,13,14,16). The number of fused-ring (bicyclic) bond motifs is 1. The Balaban J connectivity index is 1.95. The zero-order chi connectivity index (χ0) is 11.7. The van der Waals surface area contributed by atoms with Gasteiger partial charge in [-0.2, -0.15) is 0 Å². The minimum absolute atomic E-state index is 0.0526. The fourth-order valence-corrected chi connectivity index (χ4v) is 2.26. The summed E-state index contributed by atoms with van der Waals surface area (Å²) < 4.78 is 5.28. The van der Waals surface area contributed by atoms with Gasteiger partial charge in [0.15, 0.2) is 0 Å². The molecule has 0 spiro atoms. The molecule has 3 rings (SSSR count). The highest BCUT2D eigenvalue weighted by Crippen LogP contribution is 2.14. The molecule has 0 atom stereocenters. The molecule has 1 aromatic heterocycles. The molecule has 1 fully saturated rings. The topological polar surface area (TPSA) is 70.2 Å². The molecule has 0 aromatic carbocycles. The Labute approximate surface area is 99.0 Å². The lowest BCUT2D eigenvalue weighted by Gasteiger charge is -2.28. The third kappa shape index (κ3) is 2.05. The van der Waals surface area contributed by atoms with Gasteiger partial charge in [0.1, 0.15) is 0 Å². The number of hydrogen-bond donors (Lipinski definition) is 2. The number of piperazine rings is 1. The Morgan fingerprint density at radius 1 is 1.29 bits per heavy atom. The van der Waals surface area contributed by atoms with Gasteiger partial charge in [-0.25, -0.2) is 4.98 Å². The SMILES string of the molecule is O=c1[nH]c(N2CCNCC2)nc2c1COCC2. The van der Waals surface area contributed by atoms with Crippen LogP contribution in [0.25, 0.3) is 0 Å². The van der Waals surface area contributed by atoms with Crippen molar-refractivity contribution in [3.8, 4) is 0 Å². The maximum Gasteiger partial charge on any atom is 0.258 e. The molecule has 0 amide bonds. The molecular formula is C11H16N4O2. The molecule has 2 N–H and O–H groups in total. The molecule has 0 radical (unpaired) electrons. The largest absolute Gasteiger partial charge is 0.376 e. The number of aromatic amines is 1. The summed E-state index contributed by atoms with van der Waals surface area (Å²) in [7, 11) is 0. The Morgan fingerprint density at radius 3 is 2.94 bits per heavy atom. The highest BCUT2D eigenvalue weighted by Gasteiger charge is 2.19. The van der Waals surface area contributed by atoms with Gasteiger partial charge in [0.2, 0.25) is 5.95 Å². The monoisotopic (exact) mass is 236 g/mol. The number of anilines is 1. The average molecular weight is 236 g/mol. The molecule has 6 heteroatoms. The number of hydrogen-bond acceptors (Lipinski definition) is 5. The van der Waals surface area contributed by atoms with Crippen LogP contribution >= 0.6 is 0 Å². The van der Waals surface area contributed by atoms with E-state index in [2.05, 4.69) is 20.2 Å². The lowest BCUT2D eigenvalue weighted by Crippen LogP contribution is -2.45. The Hall–Kier alpha value is -1.40. The maximum absolute atomic E-state index is 11.9. The van der Waals surface area contributed by atoms with Crippen molar-refractivity contribution in [2.45, 2.75) is 13.0 Å². The van der Waals surface area contributed by atoms with Gasteiger partial charge in [-0.05, 0) is 0 Å². The maximum atomic E-state index is 11.9. The van der Waals surface area contributed by atoms with E-state index < -0.39 is 0 Å². The second kappa shape index (κ2) is 4.46. The van der Waals surface area contributed by atoms with E-state index in [0.29, 0.717) is 24.7 Å². The summed E-state index contributed by atoms with van der Waals surface area (Å²) in [5.41, 5.74) is 1.53. The second-order valence-corrected chi connectivity index (χ2v) is 4.35. The van der Waals surface area contributed by atoms with Crippen LogP contribution in [-0.4, -0.2) is 42.8 Å². The first-order valence-electron chi connectivity index (χ1n) is 6.00. The molecule has 0 saturated carbocycles. The molecular weight excluding hydrogens is 220 g/mol. The summed E-state index contributed by atoms with van der Waals surface area (Å²) in [6, 6.07) is 0. The average Bonchev–Trinajstić information content (AvgIpc) is 2.40.